The van der Waals surface area contributed by atoms with Gasteiger partial charge < -0.3 is 4.79 Å². The third-order valence-electron chi connectivity index (χ3n) is 1.73. The van der Waals surface area contributed by atoms with Crippen LogP contribution in [0.2, 0.25) is 0 Å². The monoisotopic (exact) mass is 132 g/mol. The van der Waals surface area contributed by atoms with Gasteiger partial charge in [0, 0.05) is 11.3 Å². The average molecular weight is 133 g/mol. The lowest BCUT2D eigenvalue weighted by molar-refractivity contribution is -0.112. The first kappa shape index (κ1) is 6.09. The molecule has 0 spiro atoms. The number of halogens is 1. The number of hydrogen-bond donors (Lipinski definition) is 0. The Morgan fingerprint density at radius 1 is 1.62 bits per heavy atom. The molecule has 0 atom stereocenters. The summed E-state index contributed by atoms with van der Waals surface area (Å²) in [6, 6.07) is 0. The highest BCUT2D eigenvalue weighted by Gasteiger charge is 2.41. The second-order valence-electron chi connectivity index (χ2n) is 2.42. The van der Waals surface area contributed by atoms with E-state index in [2.05, 4.69) is 0 Å². The highest BCUT2D eigenvalue weighted by atomic mass is 35.5. The van der Waals surface area contributed by atoms with Crippen molar-refractivity contribution in [3.63, 3.8) is 0 Å². The van der Waals surface area contributed by atoms with Crippen molar-refractivity contribution in [2.45, 2.75) is 19.3 Å². The topological polar surface area (TPSA) is 17.1 Å². The van der Waals surface area contributed by atoms with Crippen molar-refractivity contribution < 1.29 is 4.79 Å². The number of alkyl halides is 1. The summed E-state index contributed by atoms with van der Waals surface area (Å²) in [7, 11) is 0. The zero-order valence-corrected chi connectivity index (χ0v) is 5.45. The Morgan fingerprint density at radius 3 is 2.38 bits per heavy atom. The van der Waals surface area contributed by atoms with Crippen LogP contribution in [0.25, 0.3) is 0 Å². The molecule has 0 aliphatic heterocycles. The number of carbonyl (C=O) groups excluding carboxylic acids is 1. The number of rotatable bonds is 3. The van der Waals surface area contributed by atoms with Crippen molar-refractivity contribution in [2.75, 3.05) is 5.88 Å². The highest BCUT2D eigenvalue weighted by molar-refractivity contribution is 6.18. The first-order valence-electron chi connectivity index (χ1n) is 2.85. The molecular weight excluding hydrogens is 124 g/mol. The summed E-state index contributed by atoms with van der Waals surface area (Å²) in [6.45, 7) is 0. The second kappa shape index (κ2) is 2.06. The third-order valence-corrected chi connectivity index (χ3v) is 1.92. The predicted octanol–water partition coefficient (Wildman–Crippen LogP) is 1.59. The van der Waals surface area contributed by atoms with Crippen LogP contribution in [0.3, 0.4) is 0 Å². The van der Waals surface area contributed by atoms with E-state index < -0.39 is 0 Å². The van der Waals surface area contributed by atoms with Crippen LogP contribution in [-0.2, 0) is 4.79 Å². The van der Waals surface area contributed by atoms with Gasteiger partial charge in [0.05, 0.1) is 0 Å². The fourth-order valence-electron chi connectivity index (χ4n) is 0.776. The van der Waals surface area contributed by atoms with Gasteiger partial charge in [-0.15, -0.1) is 11.6 Å². The van der Waals surface area contributed by atoms with Gasteiger partial charge in [0.1, 0.15) is 6.29 Å². The van der Waals surface area contributed by atoms with E-state index >= 15 is 0 Å². The van der Waals surface area contributed by atoms with Gasteiger partial charge in [0.25, 0.3) is 0 Å². The van der Waals surface area contributed by atoms with Crippen LogP contribution in [0.1, 0.15) is 19.3 Å². The van der Waals surface area contributed by atoms with Crippen molar-refractivity contribution in [2.24, 2.45) is 5.41 Å². The van der Waals surface area contributed by atoms with Gasteiger partial charge in [-0.25, -0.2) is 0 Å². The molecule has 0 N–H and O–H groups in total. The minimum Gasteiger partial charge on any atom is -0.303 e. The van der Waals surface area contributed by atoms with Gasteiger partial charge in [0.15, 0.2) is 0 Å². The molecule has 46 valence electrons. The number of hydrogen-bond acceptors (Lipinski definition) is 1. The van der Waals surface area contributed by atoms with Gasteiger partial charge in [0.2, 0.25) is 0 Å². The molecule has 0 unspecified atom stereocenters. The molecule has 0 saturated heterocycles. The Morgan fingerprint density at radius 2 is 2.25 bits per heavy atom. The van der Waals surface area contributed by atoms with Crippen molar-refractivity contribution in [1.29, 1.82) is 0 Å². The van der Waals surface area contributed by atoms with E-state index in [1.165, 1.54) is 0 Å². The lowest BCUT2D eigenvalue weighted by Gasteiger charge is -1.98. The molecule has 1 saturated carbocycles. The van der Waals surface area contributed by atoms with E-state index in [4.69, 9.17) is 11.6 Å². The lowest BCUT2D eigenvalue weighted by atomic mass is 10.1. The quantitative estimate of drug-likeness (QED) is 0.421. The minimum atomic E-state index is 0.0295. The van der Waals surface area contributed by atoms with Gasteiger partial charge >= 0.3 is 0 Å². The van der Waals surface area contributed by atoms with Crippen LogP contribution in [0.5, 0.6) is 0 Å². The molecule has 0 aromatic heterocycles. The molecule has 0 amide bonds. The largest absolute Gasteiger partial charge is 0.303 e. The molecule has 0 bridgehead atoms. The fraction of sp³-hybridized carbons (Fsp3) is 0.833. The predicted molar refractivity (Wildman–Crippen MR) is 33.1 cm³/mol. The Bertz CT molecular complexity index is 96.7. The maximum Gasteiger partial charge on any atom is 0.126 e. The van der Waals surface area contributed by atoms with Gasteiger partial charge in [-0.3, -0.25) is 0 Å². The molecular formula is C6H9ClO. The minimum absolute atomic E-state index is 0.0295. The Labute approximate surface area is 54.0 Å². The first-order valence-corrected chi connectivity index (χ1v) is 3.39. The van der Waals surface area contributed by atoms with Crippen molar-refractivity contribution in [3.8, 4) is 0 Å². The maximum atomic E-state index is 10.2. The summed E-state index contributed by atoms with van der Waals surface area (Å²) in [5, 5.41) is 0. The molecule has 2 heteroatoms. The maximum absolute atomic E-state index is 10.2. The Balaban J connectivity index is 2.30. The van der Waals surface area contributed by atoms with E-state index in [9.17, 15) is 4.79 Å². The molecule has 8 heavy (non-hydrogen) atoms. The van der Waals surface area contributed by atoms with Gasteiger partial charge in [-0.1, -0.05) is 0 Å². The smallest absolute Gasteiger partial charge is 0.126 e. The lowest BCUT2D eigenvalue weighted by Crippen LogP contribution is -2.01. The van der Waals surface area contributed by atoms with Crippen LogP contribution in [0.15, 0.2) is 0 Å². The van der Waals surface area contributed by atoms with E-state index in [0.29, 0.717) is 5.88 Å². The highest BCUT2D eigenvalue weighted by Crippen LogP contribution is 2.46. The molecule has 1 fully saturated rings. The first-order chi connectivity index (χ1) is 3.83. The SMILES string of the molecule is O=CC1(CCCl)CC1. The van der Waals surface area contributed by atoms with Crippen molar-refractivity contribution in [3.05, 3.63) is 0 Å². The standard InChI is InChI=1S/C6H9ClO/c7-4-3-6(5-8)1-2-6/h5H,1-4H2. The molecule has 0 aromatic rings. The van der Waals surface area contributed by atoms with Crippen molar-refractivity contribution >= 4 is 17.9 Å². The molecule has 1 aliphatic carbocycles. The second-order valence-corrected chi connectivity index (χ2v) is 2.80. The number of aldehydes is 1. The third kappa shape index (κ3) is 1.03. The molecule has 0 heterocycles. The average Bonchev–Trinajstić information content (AvgIpc) is 2.50. The van der Waals surface area contributed by atoms with Crippen LogP contribution in [0.4, 0.5) is 0 Å². The summed E-state index contributed by atoms with van der Waals surface area (Å²) in [4.78, 5) is 10.2. The molecule has 0 aromatic carbocycles. The normalized spacial score (nSPS) is 22.6. The summed E-state index contributed by atoms with van der Waals surface area (Å²) in [6.07, 6.45) is 4.04. The van der Waals surface area contributed by atoms with Crippen molar-refractivity contribution in [1.82, 2.24) is 0 Å². The summed E-state index contributed by atoms with van der Waals surface area (Å²) < 4.78 is 0. The molecule has 1 nitrogen and oxygen atoms in total. The number of carbonyl (C=O) groups is 1. The Hall–Kier alpha value is -0.0400. The van der Waals surface area contributed by atoms with Crippen LogP contribution >= 0.6 is 11.6 Å². The molecule has 0 radical (unpaired) electrons. The summed E-state index contributed by atoms with van der Waals surface area (Å²) in [5.74, 6) is 0.624. The molecule has 1 aliphatic rings. The van der Waals surface area contributed by atoms with Crippen LogP contribution in [-0.4, -0.2) is 12.2 Å². The zero-order valence-electron chi connectivity index (χ0n) is 4.69. The molecule has 1 rings (SSSR count). The van der Waals surface area contributed by atoms with E-state index in [1.807, 2.05) is 0 Å². The summed E-state index contributed by atoms with van der Waals surface area (Å²) >= 11 is 5.45. The van der Waals surface area contributed by atoms with Crippen LogP contribution < -0.4 is 0 Å². The Kier molecular flexibility index (Phi) is 1.57. The van der Waals surface area contributed by atoms with E-state index in [-0.39, 0.29) is 5.41 Å². The zero-order chi connectivity index (χ0) is 6.04. The van der Waals surface area contributed by atoms with E-state index in [0.717, 1.165) is 25.5 Å². The fourth-order valence-corrected chi connectivity index (χ4v) is 1.15. The van der Waals surface area contributed by atoms with Gasteiger partial charge in [-0.05, 0) is 19.3 Å². The van der Waals surface area contributed by atoms with E-state index in [1.54, 1.807) is 0 Å². The summed E-state index contributed by atoms with van der Waals surface area (Å²) in [5.41, 5.74) is 0.0295. The van der Waals surface area contributed by atoms with Gasteiger partial charge in [-0.2, -0.15) is 0 Å². The van der Waals surface area contributed by atoms with Crippen LogP contribution in [0, 0.1) is 5.41 Å².